The molecule has 0 unspecified atom stereocenters. The van der Waals surface area contributed by atoms with Gasteiger partial charge in [-0.25, -0.2) is 0 Å². The van der Waals surface area contributed by atoms with Crippen LogP contribution in [0.4, 0.5) is 5.69 Å². The maximum Gasteiger partial charge on any atom is 0.270 e. The highest BCUT2D eigenvalue weighted by Gasteiger charge is 2.31. The number of amides is 2. The highest BCUT2D eigenvalue weighted by molar-refractivity contribution is 6.33. The van der Waals surface area contributed by atoms with Crippen LogP contribution in [0, 0.1) is 12.8 Å². The van der Waals surface area contributed by atoms with E-state index in [0.717, 1.165) is 55.3 Å². The largest absolute Gasteiger partial charge is 0.339 e. The third-order valence-corrected chi connectivity index (χ3v) is 6.84. The second kappa shape index (κ2) is 10.8. The van der Waals surface area contributed by atoms with Crippen molar-refractivity contribution in [2.24, 2.45) is 13.0 Å². The first-order chi connectivity index (χ1) is 16.4. The van der Waals surface area contributed by atoms with Gasteiger partial charge in [0.1, 0.15) is 11.7 Å². The number of aryl methyl sites for hydroxylation is 2. The molecule has 1 aliphatic rings. The molecule has 2 heterocycles. The van der Waals surface area contributed by atoms with Gasteiger partial charge in [0.05, 0.1) is 5.02 Å². The number of hydrogen-bond donors (Lipinski definition) is 2. The monoisotopic (exact) mass is 479 g/mol. The standard InChI is InChI=1S/C26H30ClN5O2/c1-17-23(21(27)13-15-28-17)18-9-11-20(12-10-18)30-26(34)24(19-7-5-3-4-6-8-19)31-25(33)22-14-16-29-32(22)2/h9-16,19,24H,3-8H2,1-2H3,(H,30,34)(H,31,33)/t24-/m0/s1. The third kappa shape index (κ3) is 5.47. The molecule has 8 heteroatoms. The van der Waals surface area contributed by atoms with Crippen molar-refractivity contribution >= 4 is 29.1 Å². The zero-order chi connectivity index (χ0) is 24.1. The van der Waals surface area contributed by atoms with Crippen molar-refractivity contribution in [2.75, 3.05) is 5.32 Å². The van der Waals surface area contributed by atoms with Gasteiger partial charge in [-0.3, -0.25) is 19.3 Å². The molecule has 3 aromatic rings. The van der Waals surface area contributed by atoms with Crippen LogP contribution in [0.25, 0.3) is 11.1 Å². The number of benzene rings is 1. The Labute approximate surface area is 204 Å². The number of nitrogens with zero attached hydrogens (tertiary/aromatic N) is 3. The quantitative estimate of drug-likeness (QED) is 0.478. The van der Waals surface area contributed by atoms with E-state index in [-0.39, 0.29) is 17.7 Å². The van der Waals surface area contributed by atoms with Crippen LogP contribution in [-0.2, 0) is 11.8 Å². The summed E-state index contributed by atoms with van der Waals surface area (Å²) in [5.74, 6) is -0.400. The second-order valence-electron chi connectivity index (χ2n) is 8.86. The van der Waals surface area contributed by atoms with E-state index >= 15 is 0 Å². The molecule has 1 aromatic carbocycles. The smallest absolute Gasteiger partial charge is 0.270 e. The van der Waals surface area contributed by atoms with Crippen LogP contribution < -0.4 is 10.6 Å². The fourth-order valence-corrected chi connectivity index (χ4v) is 4.98. The normalized spacial score (nSPS) is 15.4. The van der Waals surface area contributed by atoms with Crippen molar-refractivity contribution in [3.8, 4) is 11.1 Å². The summed E-state index contributed by atoms with van der Waals surface area (Å²) in [6.45, 7) is 1.92. The number of nitrogens with one attached hydrogen (secondary N) is 2. The SMILES string of the molecule is Cc1nccc(Cl)c1-c1ccc(NC(=O)[C@@H](NC(=O)c2ccnn2C)C2CCCCCC2)cc1. The van der Waals surface area contributed by atoms with E-state index in [1.54, 1.807) is 31.6 Å². The molecule has 1 atom stereocenters. The van der Waals surface area contributed by atoms with Crippen molar-refractivity contribution in [1.82, 2.24) is 20.1 Å². The van der Waals surface area contributed by atoms with Crippen molar-refractivity contribution in [2.45, 2.75) is 51.5 Å². The summed E-state index contributed by atoms with van der Waals surface area (Å²) < 4.78 is 1.52. The van der Waals surface area contributed by atoms with E-state index in [2.05, 4.69) is 20.7 Å². The van der Waals surface area contributed by atoms with Gasteiger partial charge in [0.2, 0.25) is 5.91 Å². The van der Waals surface area contributed by atoms with Crippen molar-refractivity contribution in [1.29, 1.82) is 0 Å². The number of pyridine rings is 1. The summed E-state index contributed by atoms with van der Waals surface area (Å²) in [6.07, 6.45) is 9.56. The van der Waals surface area contributed by atoms with Gasteiger partial charge in [0, 0.05) is 36.4 Å². The zero-order valence-electron chi connectivity index (χ0n) is 19.6. The Kier molecular flexibility index (Phi) is 7.63. The van der Waals surface area contributed by atoms with E-state index in [4.69, 9.17) is 11.6 Å². The molecule has 178 valence electrons. The number of rotatable bonds is 6. The molecule has 2 amide bonds. The maximum absolute atomic E-state index is 13.4. The molecule has 1 saturated carbocycles. The molecular weight excluding hydrogens is 450 g/mol. The first-order valence-corrected chi connectivity index (χ1v) is 12.1. The molecule has 0 spiro atoms. The molecular formula is C26H30ClN5O2. The summed E-state index contributed by atoms with van der Waals surface area (Å²) in [7, 11) is 1.72. The predicted molar refractivity (Wildman–Crippen MR) is 134 cm³/mol. The molecule has 1 aliphatic carbocycles. The average Bonchev–Trinajstić information content (AvgIpc) is 3.07. The first-order valence-electron chi connectivity index (χ1n) is 11.8. The van der Waals surface area contributed by atoms with Crippen LogP contribution in [-0.4, -0.2) is 32.6 Å². The highest BCUT2D eigenvalue weighted by atomic mass is 35.5. The molecule has 2 aromatic heterocycles. The summed E-state index contributed by atoms with van der Waals surface area (Å²) in [5, 5.41) is 10.7. The topological polar surface area (TPSA) is 88.9 Å². The Bertz CT molecular complexity index is 1130. The minimum atomic E-state index is -0.616. The lowest BCUT2D eigenvalue weighted by Gasteiger charge is -2.26. The molecule has 0 saturated heterocycles. The van der Waals surface area contributed by atoms with Gasteiger partial charge in [-0.2, -0.15) is 5.10 Å². The van der Waals surface area contributed by atoms with Gasteiger partial charge in [0.25, 0.3) is 5.91 Å². The van der Waals surface area contributed by atoms with Crippen LogP contribution in [0.5, 0.6) is 0 Å². The van der Waals surface area contributed by atoms with Crippen molar-refractivity contribution in [3.63, 3.8) is 0 Å². The number of hydrogen-bond acceptors (Lipinski definition) is 4. The lowest BCUT2D eigenvalue weighted by Crippen LogP contribution is -2.48. The number of anilines is 1. The minimum absolute atomic E-state index is 0.0933. The third-order valence-electron chi connectivity index (χ3n) is 6.52. The Morgan fingerprint density at radius 2 is 1.74 bits per heavy atom. The van der Waals surface area contributed by atoms with E-state index in [9.17, 15) is 9.59 Å². The lowest BCUT2D eigenvalue weighted by atomic mass is 9.91. The van der Waals surface area contributed by atoms with Crippen LogP contribution in [0.2, 0.25) is 5.02 Å². The summed E-state index contributed by atoms with van der Waals surface area (Å²) in [6, 6.07) is 10.3. The van der Waals surface area contributed by atoms with Crippen LogP contribution in [0.15, 0.2) is 48.8 Å². The maximum atomic E-state index is 13.4. The summed E-state index contributed by atoms with van der Waals surface area (Å²) in [5.41, 5.74) is 3.75. The molecule has 0 aliphatic heterocycles. The fourth-order valence-electron chi connectivity index (χ4n) is 4.68. The summed E-state index contributed by atoms with van der Waals surface area (Å²) in [4.78, 5) is 30.6. The van der Waals surface area contributed by atoms with E-state index in [0.29, 0.717) is 16.4 Å². The average molecular weight is 480 g/mol. The molecule has 2 N–H and O–H groups in total. The van der Waals surface area contributed by atoms with E-state index in [1.165, 1.54) is 4.68 Å². The van der Waals surface area contributed by atoms with Crippen molar-refractivity contribution < 1.29 is 9.59 Å². The van der Waals surface area contributed by atoms with Crippen LogP contribution in [0.3, 0.4) is 0 Å². The Morgan fingerprint density at radius 3 is 2.35 bits per heavy atom. The van der Waals surface area contributed by atoms with Gasteiger partial charge in [-0.1, -0.05) is 49.4 Å². The summed E-state index contributed by atoms with van der Waals surface area (Å²) >= 11 is 6.37. The van der Waals surface area contributed by atoms with E-state index < -0.39 is 6.04 Å². The zero-order valence-corrected chi connectivity index (χ0v) is 20.3. The molecule has 1 fully saturated rings. The molecule has 0 bridgehead atoms. The van der Waals surface area contributed by atoms with Gasteiger partial charge in [-0.15, -0.1) is 0 Å². The van der Waals surface area contributed by atoms with Crippen molar-refractivity contribution in [3.05, 3.63) is 65.2 Å². The van der Waals surface area contributed by atoms with Gasteiger partial charge >= 0.3 is 0 Å². The molecule has 7 nitrogen and oxygen atoms in total. The Hall–Kier alpha value is -3.19. The van der Waals surface area contributed by atoms with Crippen LogP contribution >= 0.6 is 11.6 Å². The van der Waals surface area contributed by atoms with Gasteiger partial charge in [-0.05, 0) is 55.5 Å². The first kappa shape index (κ1) is 24.0. The highest BCUT2D eigenvalue weighted by Crippen LogP contribution is 2.31. The Balaban J connectivity index is 1.52. The Morgan fingerprint density at radius 1 is 1.03 bits per heavy atom. The number of halogens is 1. The second-order valence-corrected chi connectivity index (χ2v) is 9.27. The van der Waals surface area contributed by atoms with E-state index in [1.807, 2.05) is 31.2 Å². The van der Waals surface area contributed by atoms with Crippen LogP contribution in [0.1, 0.15) is 54.7 Å². The molecule has 0 radical (unpaired) electrons. The van der Waals surface area contributed by atoms with Gasteiger partial charge in [0.15, 0.2) is 0 Å². The van der Waals surface area contributed by atoms with Gasteiger partial charge < -0.3 is 10.6 Å². The predicted octanol–water partition coefficient (Wildman–Crippen LogP) is 5.15. The molecule has 4 rings (SSSR count). The minimum Gasteiger partial charge on any atom is -0.339 e. The number of carbonyl (C=O) groups is 2. The lowest BCUT2D eigenvalue weighted by molar-refractivity contribution is -0.119. The number of aromatic nitrogens is 3. The number of carbonyl (C=O) groups excluding carboxylic acids is 2. The fraction of sp³-hybridized carbons (Fsp3) is 0.385. The molecule has 34 heavy (non-hydrogen) atoms.